The molecular formula is C30H25ClF3N5O5S. The number of pyridine rings is 1. The fraction of sp³-hybridized carbons (Fsp3) is 0.300. The third-order valence-electron chi connectivity index (χ3n) is 7.56. The molecule has 0 spiro atoms. The van der Waals surface area contributed by atoms with E-state index in [4.69, 9.17) is 11.6 Å². The highest BCUT2D eigenvalue weighted by Gasteiger charge is 2.48. The lowest BCUT2D eigenvalue weighted by molar-refractivity contribution is -0.133. The number of halogens is 4. The lowest BCUT2D eigenvalue weighted by atomic mass is 9.87. The van der Waals surface area contributed by atoms with Gasteiger partial charge in [0, 0.05) is 54.0 Å². The summed E-state index contributed by atoms with van der Waals surface area (Å²) in [5.74, 6) is -6.47. The molecule has 5 rings (SSSR count). The predicted molar refractivity (Wildman–Crippen MR) is 157 cm³/mol. The maximum atomic E-state index is 15.0. The zero-order valence-corrected chi connectivity index (χ0v) is 25.2. The number of hydrogen-bond acceptors (Lipinski definition) is 7. The number of nitrogens with zero attached hydrogens (tertiary/aromatic N) is 4. The Balaban J connectivity index is 1.69. The van der Waals surface area contributed by atoms with Crippen LogP contribution in [0.1, 0.15) is 42.9 Å². The highest BCUT2D eigenvalue weighted by molar-refractivity contribution is 7.90. The fourth-order valence-corrected chi connectivity index (χ4v) is 6.33. The summed E-state index contributed by atoms with van der Waals surface area (Å²) in [6.45, 7) is 0. The van der Waals surface area contributed by atoms with Gasteiger partial charge in [0.25, 0.3) is 11.8 Å². The summed E-state index contributed by atoms with van der Waals surface area (Å²) in [5.41, 5.74) is -0.185. The summed E-state index contributed by atoms with van der Waals surface area (Å²) in [5, 5.41) is 11.9. The van der Waals surface area contributed by atoms with Crippen molar-refractivity contribution >= 4 is 50.7 Å². The van der Waals surface area contributed by atoms with Crippen molar-refractivity contribution in [2.45, 2.75) is 54.6 Å². The number of sulfone groups is 1. The Bertz CT molecular complexity index is 1840. The van der Waals surface area contributed by atoms with Crippen molar-refractivity contribution in [2.75, 3.05) is 16.1 Å². The second-order valence-corrected chi connectivity index (χ2v) is 13.3. The highest BCUT2D eigenvalue weighted by Crippen LogP contribution is 2.40. The van der Waals surface area contributed by atoms with Crippen LogP contribution in [-0.4, -0.2) is 55.4 Å². The van der Waals surface area contributed by atoms with Gasteiger partial charge in [0.05, 0.1) is 16.5 Å². The minimum atomic E-state index is -4.03. The molecule has 2 fully saturated rings. The Hall–Kier alpha value is -4.48. The van der Waals surface area contributed by atoms with Gasteiger partial charge in [-0.15, -0.1) is 0 Å². The van der Waals surface area contributed by atoms with Crippen molar-refractivity contribution in [1.29, 1.82) is 5.26 Å². The number of nitrogens with one attached hydrogen (secondary N) is 1. The molecule has 15 heteroatoms. The lowest BCUT2D eigenvalue weighted by Gasteiger charge is -2.39. The van der Waals surface area contributed by atoms with E-state index in [1.54, 1.807) is 6.07 Å². The molecule has 1 unspecified atom stereocenters. The van der Waals surface area contributed by atoms with Crippen molar-refractivity contribution < 1.29 is 36.0 Å². The van der Waals surface area contributed by atoms with Crippen LogP contribution in [0.3, 0.4) is 0 Å². The van der Waals surface area contributed by atoms with Crippen LogP contribution in [0.2, 0.25) is 5.02 Å². The molecule has 0 radical (unpaired) electrons. The average Bonchev–Trinajstić information content (AvgIpc) is 3.35. The Labute approximate surface area is 261 Å². The summed E-state index contributed by atoms with van der Waals surface area (Å²) < 4.78 is 67.3. The molecule has 10 nitrogen and oxygen atoms in total. The van der Waals surface area contributed by atoms with E-state index in [-0.39, 0.29) is 40.5 Å². The SMILES string of the molecule is CS(=O)(=O)c1cc(F)cc(N(C(=O)[C@@H]2CCC(=O)N2c2cc(C#N)ccn2)C(C(=O)NC2CC(F)(F)C2)c2ccccc2Cl)c1. The van der Waals surface area contributed by atoms with E-state index >= 15 is 4.39 Å². The molecule has 3 amide bonds. The molecule has 1 saturated carbocycles. The first-order chi connectivity index (χ1) is 21.2. The van der Waals surface area contributed by atoms with Gasteiger partial charge in [-0.25, -0.2) is 26.6 Å². The maximum absolute atomic E-state index is 15.0. The number of alkyl halides is 2. The fourth-order valence-electron chi connectivity index (χ4n) is 5.43. The van der Waals surface area contributed by atoms with E-state index < -0.39 is 75.2 Å². The van der Waals surface area contributed by atoms with E-state index in [2.05, 4.69) is 10.3 Å². The van der Waals surface area contributed by atoms with E-state index in [1.165, 1.54) is 36.5 Å². The summed E-state index contributed by atoms with van der Waals surface area (Å²) in [6.07, 6.45) is 0.612. The monoisotopic (exact) mass is 659 g/mol. The molecule has 1 saturated heterocycles. The van der Waals surface area contributed by atoms with Crippen molar-refractivity contribution in [2.24, 2.45) is 0 Å². The number of benzene rings is 2. The van der Waals surface area contributed by atoms with Gasteiger partial charge in [-0.1, -0.05) is 29.8 Å². The maximum Gasteiger partial charge on any atom is 0.252 e. The molecule has 1 N–H and O–H groups in total. The minimum Gasteiger partial charge on any atom is -0.351 e. The van der Waals surface area contributed by atoms with Crippen LogP contribution in [0.4, 0.5) is 24.7 Å². The van der Waals surface area contributed by atoms with Crippen LogP contribution in [0.15, 0.2) is 65.7 Å². The standard InChI is InChI=1S/C30H25ClF3N5O5S/c1-45(43,44)21-12-18(32)11-20(13-21)38(29(42)24-6-7-26(40)39(24)25-10-17(16-35)8-9-36-25)27(22-4-2-3-5-23(22)31)28(41)37-19-14-30(33,34)15-19/h2-5,8-13,19,24,27H,6-7,14-15H2,1H3,(H,37,41)/t24-,27?/m0/s1. The number of anilines is 2. The van der Waals surface area contributed by atoms with E-state index in [0.29, 0.717) is 0 Å². The van der Waals surface area contributed by atoms with Crippen molar-refractivity contribution in [1.82, 2.24) is 10.3 Å². The van der Waals surface area contributed by atoms with E-state index in [0.717, 1.165) is 34.3 Å². The summed E-state index contributed by atoms with van der Waals surface area (Å²) in [4.78, 5) is 47.2. The van der Waals surface area contributed by atoms with E-state index in [1.807, 2.05) is 6.07 Å². The Morgan fingerprint density at radius 2 is 1.89 bits per heavy atom. The van der Waals surface area contributed by atoms with Crippen LogP contribution >= 0.6 is 11.6 Å². The smallest absolute Gasteiger partial charge is 0.252 e. The van der Waals surface area contributed by atoms with Gasteiger partial charge in [0.1, 0.15) is 23.7 Å². The molecule has 2 aliphatic rings. The Morgan fingerprint density at radius 1 is 1.18 bits per heavy atom. The largest absolute Gasteiger partial charge is 0.351 e. The molecule has 45 heavy (non-hydrogen) atoms. The second-order valence-electron chi connectivity index (χ2n) is 10.9. The molecule has 2 heterocycles. The van der Waals surface area contributed by atoms with Gasteiger partial charge in [-0.2, -0.15) is 5.26 Å². The van der Waals surface area contributed by atoms with Crippen molar-refractivity contribution in [3.8, 4) is 6.07 Å². The van der Waals surface area contributed by atoms with E-state index in [9.17, 15) is 36.8 Å². The predicted octanol–water partition coefficient (Wildman–Crippen LogP) is 4.33. The third-order valence-corrected chi connectivity index (χ3v) is 9.00. The number of carbonyl (C=O) groups is 3. The first kappa shape index (κ1) is 31.9. The number of aromatic nitrogens is 1. The van der Waals surface area contributed by atoms with Crippen LogP contribution in [-0.2, 0) is 24.2 Å². The normalized spacial score (nSPS) is 18.5. The molecule has 0 bridgehead atoms. The number of nitriles is 1. The molecule has 3 aromatic rings. The molecule has 2 atom stereocenters. The second kappa shape index (κ2) is 12.1. The van der Waals surface area contributed by atoms with Crippen LogP contribution in [0.5, 0.6) is 0 Å². The topological polar surface area (TPSA) is 141 Å². The van der Waals surface area contributed by atoms with Gasteiger partial charge in [-0.05, 0) is 42.8 Å². The quantitative estimate of drug-likeness (QED) is 0.380. The van der Waals surface area contributed by atoms with Crippen LogP contribution in [0, 0.1) is 17.1 Å². The van der Waals surface area contributed by atoms with Gasteiger partial charge in [0.15, 0.2) is 9.84 Å². The number of carbonyl (C=O) groups excluding carboxylic acids is 3. The number of rotatable bonds is 8. The third kappa shape index (κ3) is 6.64. The van der Waals surface area contributed by atoms with Gasteiger partial charge >= 0.3 is 0 Å². The molecule has 2 aromatic carbocycles. The van der Waals surface area contributed by atoms with Gasteiger partial charge in [0.2, 0.25) is 11.8 Å². The lowest BCUT2D eigenvalue weighted by Crippen LogP contribution is -2.56. The minimum absolute atomic E-state index is 0.00290. The molecule has 1 aromatic heterocycles. The summed E-state index contributed by atoms with van der Waals surface area (Å²) >= 11 is 6.49. The number of hydrogen-bond donors (Lipinski definition) is 1. The summed E-state index contributed by atoms with van der Waals surface area (Å²) in [6, 6.07) is 9.10. The van der Waals surface area contributed by atoms with Gasteiger partial charge < -0.3 is 5.32 Å². The molecule has 1 aliphatic heterocycles. The molecular weight excluding hydrogens is 635 g/mol. The zero-order valence-electron chi connectivity index (χ0n) is 23.6. The zero-order chi connectivity index (χ0) is 32.7. The first-order valence-corrected chi connectivity index (χ1v) is 15.9. The van der Waals surface area contributed by atoms with Crippen LogP contribution < -0.4 is 15.1 Å². The van der Waals surface area contributed by atoms with Crippen molar-refractivity contribution in [3.63, 3.8) is 0 Å². The van der Waals surface area contributed by atoms with Crippen LogP contribution in [0.25, 0.3) is 0 Å². The summed E-state index contributed by atoms with van der Waals surface area (Å²) in [7, 11) is -4.03. The highest BCUT2D eigenvalue weighted by atomic mass is 35.5. The van der Waals surface area contributed by atoms with Gasteiger partial charge in [-0.3, -0.25) is 24.2 Å². The average molecular weight is 660 g/mol. The Kier molecular flexibility index (Phi) is 8.61. The molecule has 234 valence electrons. The number of amides is 3. The molecule has 1 aliphatic carbocycles. The first-order valence-electron chi connectivity index (χ1n) is 13.6. The van der Waals surface area contributed by atoms with Crippen molar-refractivity contribution in [3.05, 3.63) is 82.8 Å². The Morgan fingerprint density at radius 3 is 2.53 bits per heavy atom.